The number of benzene rings is 3. The van der Waals surface area contributed by atoms with Gasteiger partial charge in [0.25, 0.3) is 0 Å². The summed E-state index contributed by atoms with van der Waals surface area (Å²) in [5.41, 5.74) is 2.84. The standard InChI is InChI=1S/C26H27ClN2O3/c1-19(30)29(18-22-10-14-24(32-2)15-11-22)25(16-20-6-4-3-5-7-20)26(31)28-17-21-8-12-23(27)13-9-21/h3-15,25H,16-18H2,1-2H3,(H,28,31)/t25-/m1/s1. The molecule has 32 heavy (non-hydrogen) atoms. The van der Waals surface area contributed by atoms with Crippen LogP contribution < -0.4 is 10.1 Å². The van der Waals surface area contributed by atoms with E-state index in [4.69, 9.17) is 16.3 Å². The molecule has 0 aliphatic heterocycles. The molecule has 3 aromatic rings. The van der Waals surface area contributed by atoms with E-state index in [0.717, 1.165) is 22.4 Å². The number of halogens is 1. The number of hydrogen-bond donors (Lipinski definition) is 1. The van der Waals surface area contributed by atoms with Gasteiger partial charge in [-0.25, -0.2) is 0 Å². The van der Waals surface area contributed by atoms with Gasteiger partial charge in [0.2, 0.25) is 11.8 Å². The number of carbonyl (C=O) groups is 2. The van der Waals surface area contributed by atoms with Crippen molar-refractivity contribution in [2.24, 2.45) is 0 Å². The Morgan fingerprint density at radius 3 is 2.12 bits per heavy atom. The summed E-state index contributed by atoms with van der Waals surface area (Å²) in [4.78, 5) is 27.5. The third-order valence-corrected chi connectivity index (χ3v) is 5.50. The lowest BCUT2D eigenvalue weighted by atomic mass is 10.0. The Morgan fingerprint density at radius 1 is 0.906 bits per heavy atom. The van der Waals surface area contributed by atoms with Crippen LogP contribution >= 0.6 is 11.6 Å². The summed E-state index contributed by atoms with van der Waals surface area (Å²) in [6.45, 7) is 2.18. The number of nitrogens with one attached hydrogen (secondary N) is 1. The number of carbonyl (C=O) groups excluding carboxylic acids is 2. The third kappa shape index (κ3) is 6.59. The van der Waals surface area contributed by atoms with Crippen molar-refractivity contribution in [1.29, 1.82) is 0 Å². The Morgan fingerprint density at radius 2 is 1.53 bits per heavy atom. The molecule has 0 heterocycles. The van der Waals surface area contributed by atoms with Gasteiger partial charge in [-0.3, -0.25) is 9.59 Å². The van der Waals surface area contributed by atoms with Crippen molar-refractivity contribution in [1.82, 2.24) is 10.2 Å². The Balaban J connectivity index is 1.81. The lowest BCUT2D eigenvalue weighted by Gasteiger charge is -2.30. The third-order valence-electron chi connectivity index (χ3n) is 5.25. The summed E-state index contributed by atoms with van der Waals surface area (Å²) in [5.74, 6) is 0.376. The van der Waals surface area contributed by atoms with Crippen LogP contribution in [0.15, 0.2) is 78.9 Å². The molecule has 1 N–H and O–H groups in total. The number of hydrogen-bond acceptors (Lipinski definition) is 3. The van der Waals surface area contributed by atoms with Gasteiger partial charge < -0.3 is 15.0 Å². The molecule has 3 aromatic carbocycles. The molecule has 3 rings (SSSR count). The Labute approximate surface area is 194 Å². The fourth-order valence-corrected chi connectivity index (χ4v) is 3.59. The van der Waals surface area contributed by atoms with Crippen molar-refractivity contribution >= 4 is 23.4 Å². The predicted molar refractivity (Wildman–Crippen MR) is 126 cm³/mol. The first-order chi connectivity index (χ1) is 15.5. The molecule has 0 saturated carbocycles. The second-order valence-corrected chi connectivity index (χ2v) is 7.98. The lowest BCUT2D eigenvalue weighted by molar-refractivity contribution is -0.139. The molecule has 0 aromatic heterocycles. The molecule has 0 radical (unpaired) electrons. The largest absolute Gasteiger partial charge is 0.497 e. The summed E-state index contributed by atoms with van der Waals surface area (Å²) in [6, 6.07) is 23.9. The van der Waals surface area contributed by atoms with Gasteiger partial charge in [-0.05, 0) is 41.0 Å². The van der Waals surface area contributed by atoms with E-state index in [1.165, 1.54) is 6.92 Å². The van der Waals surface area contributed by atoms with Crippen molar-refractivity contribution in [2.45, 2.75) is 32.5 Å². The molecule has 0 aliphatic carbocycles. The predicted octanol–water partition coefficient (Wildman–Crippen LogP) is 4.62. The molecule has 0 aliphatic rings. The van der Waals surface area contributed by atoms with Gasteiger partial charge in [-0.15, -0.1) is 0 Å². The molecule has 0 bridgehead atoms. The zero-order valence-corrected chi connectivity index (χ0v) is 19.0. The minimum Gasteiger partial charge on any atom is -0.497 e. The molecule has 0 spiro atoms. The van der Waals surface area contributed by atoms with E-state index in [2.05, 4.69) is 5.32 Å². The number of rotatable bonds is 9. The fourth-order valence-electron chi connectivity index (χ4n) is 3.46. The van der Waals surface area contributed by atoms with Gasteiger partial charge in [0.05, 0.1) is 7.11 Å². The van der Waals surface area contributed by atoms with Crippen LogP contribution in [0.25, 0.3) is 0 Å². The number of methoxy groups -OCH3 is 1. The van der Waals surface area contributed by atoms with Crippen LogP contribution in [0.2, 0.25) is 5.02 Å². The molecular weight excluding hydrogens is 424 g/mol. The fraction of sp³-hybridized carbons (Fsp3) is 0.231. The van der Waals surface area contributed by atoms with Gasteiger partial charge in [0.1, 0.15) is 11.8 Å². The van der Waals surface area contributed by atoms with Crippen LogP contribution in [0, 0.1) is 0 Å². The van der Waals surface area contributed by atoms with Gasteiger partial charge in [0, 0.05) is 31.5 Å². The minimum absolute atomic E-state index is 0.164. The Kier molecular flexibility index (Phi) is 8.28. The number of nitrogens with zero attached hydrogens (tertiary/aromatic N) is 1. The van der Waals surface area contributed by atoms with Crippen LogP contribution in [0.1, 0.15) is 23.6 Å². The Bertz CT molecular complexity index is 1020. The molecule has 2 amide bonds. The van der Waals surface area contributed by atoms with Gasteiger partial charge in [-0.2, -0.15) is 0 Å². The molecule has 166 valence electrons. The van der Waals surface area contributed by atoms with Crippen LogP contribution in [0.3, 0.4) is 0 Å². The van der Waals surface area contributed by atoms with Crippen LogP contribution in [-0.2, 0) is 29.1 Å². The first-order valence-electron chi connectivity index (χ1n) is 10.4. The van der Waals surface area contributed by atoms with Crippen LogP contribution in [-0.4, -0.2) is 29.9 Å². The summed E-state index contributed by atoms with van der Waals surface area (Å²) in [5, 5.41) is 3.63. The first kappa shape index (κ1) is 23.4. The zero-order valence-electron chi connectivity index (χ0n) is 18.3. The second-order valence-electron chi connectivity index (χ2n) is 7.54. The molecular formula is C26H27ClN2O3. The monoisotopic (exact) mass is 450 g/mol. The van der Waals surface area contributed by atoms with Crippen molar-refractivity contribution in [3.8, 4) is 5.75 Å². The molecule has 1 atom stereocenters. The van der Waals surface area contributed by atoms with Gasteiger partial charge in [0.15, 0.2) is 0 Å². The highest BCUT2D eigenvalue weighted by molar-refractivity contribution is 6.30. The summed E-state index contributed by atoms with van der Waals surface area (Å²) >= 11 is 5.95. The van der Waals surface area contributed by atoms with Crippen molar-refractivity contribution in [3.05, 3.63) is 101 Å². The van der Waals surface area contributed by atoms with Crippen LogP contribution in [0.5, 0.6) is 5.75 Å². The van der Waals surface area contributed by atoms with E-state index < -0.39 is 6.04 Å². The van der Waals surface area contributed by atoms with Crippen molar-refractivity contribution in [3.63, 3.8) is 0 Å². The first-order valence-corrected chi connectivity index (χ1v) is 10.8. The highest BCUT2D eigenvalue weighted by Gasteiger charge is 2.28. The molecule has 0 fully saturated rings. The Hall–Kier alpha value is -3.31. The van der Waals surface area contributed by atoms with E-state index in [-0.39, 0.29) is 11.8 Å². The summed E-state index contributed by atoms with van der Waals surface area (Å²) in [7, 11) is 1.61. The zero-order chi connectivity index (χ0) is 22.9. The minimum atomic E-state index is -0.649. The quantitative estimate of drug-likeness (QED) is 0.517. The molecule has 0 saturated heterocycles. The van der Waals surface area contributed by atoms with Crippen molar-refractivity contribution < 1.29 is 14.3 Å². The maximum atomic E-state index is 13.3. The number of amides is 2. The normalized spacial score (nSPS) is 11.5. The maximum absolute atomic E-state index is 13.3. The molecule has 6 heteroatoms. The van der Waals surface area contributed by atoms with Crippen molar-refractivity contribution in [2.75, 3.05) is 7.11 Å². The maximum Gasteiger partial charge on any atom is 0.243 e. The molecule has 0 unspecified atom stereocenters. The van der Waals surface area contributed by atoms with E-state index in [1.807, 2.05) is 66.7 Å². The summed E-state index contributed by atoms with van der Waals surface area (Å²) in [6.07, 6.45) is 0.420. The lowest BCUT2D eigenvalue weighted by Crippen LogP contribution is -2.49. The smallest absolute Gasteiger partial charge is 0.243 e. The average molecular weight is 451 g/mol. The highest BCUT2D eigenvalue weighted by Crippen LogP contribution is 2.17. The van der Waals surface area contributed by atoms with E-state index in [0.29, 0.717) is 24.5 Å². The van der Waals surface area contributed by atoms with E-state index >= 15 is 0 Å². The second kappa shape index (κ2) is 11.3. The SMILES string of the molecule is COc1ccc(CN(C(C)=O)[C@H](Cc2ccccc2)C(=O)NCc2ccc(Cl)cc2)cc1. The van der Waals surface area contributed by atoms with E-state index in [1.54, 1.807) is 24.1 Å². The average Bonchev–Trinajstić information content (AvgIpc) is 2.81. The highest BCUT2D eigenvalue weighted by atomic mass is 35.5. The summed E-state index contributed by atoms with van der Waals surface area (Å²) < 4.78 is 5.21. The van der Waals surface area contributed by atoms with Crippen LogP contribution in [0.4, 0.5) is 0 Å². The van der Waals surface area contributed by atoms with Gasteiger partial charge in [-0.1, -0.05) is 66.2 Å². The van der Waals surface area contributed by atoms with E-state index in [9.17, 15) is 9.59 Å². The van der Waals surface area contributed by atoms with Gasteiger partial charge >= 0.3 is 0 Å². The topological polar surface area (TPSA) is 58.6 Å². The molecule has 5 nitrogen and oxygen atoms in total. The number of ether oxygens (including phenoxy) is 1.